The molecule has 1 aliphatic heterocycles. The van der Waals surface area contributed by atoms with Gasteiger partial charge in [0.25, 0.3) is 5.91 Å². The van der Waals surface area contributed by atoms with Crippen molar-refractivity contribution in [1.29, 1.82) is 0 Å². The summed E-state index contributed by atoms with van der Waals surface area (Å²) in [7, 11) is 1.58. The highest BCUT2D eigenvalue weighted by atomic mass is 16.5. The summed E-state index contributed by atoms with van der Waals surface area (Å²) < 4.78 is 5.53. The number of benzene rings is 1. The fourth-order valence-corrected chi connectivity index (χ4v) is 3.80. The number of piperazine rings is 1. The van der Waals surface area contributed by atoms with Crippen LogP contribution in [0.3, 0.4) is 0 Å². The largest absolute Gasteiger partial charge is 0.496 e. The Kier molecular flexibility index (Phi) is 5.99. The highest BCUT2D eigenvalue weighted by Gasteiger charge is 2.32. The highest BCUT2D eigenvalue weighted by Crippen LogP contribution is 2.30. The highest BCUT2D eigenvalue weighted by molar-refractivity contribution is 5.94. The van der Waals surface area contributed by atoms with Gasteiger partial charge in [0, 0.05) is 37.5 Å². The molecule has 3 heterocycles. The second kappa shape index (κ2) is 9.01. The maximum atomic E-state index is 13.2. The first-order valence-corrected chi connectivity index (χ1v) is 10.1. The molecule has 0 spiro atoms. The van der Waals surface area contributed by atoms with Gasteiger partial charge in [-0.2, -0.15) is 0 Å². The summed E-state index contributed by atoms with van der Waals surface area (Å²) in [6.07, 6.45) is 3.36. The lowest BCUT2D eigenvalue weighted by atomic mass is 10.1. The van der Waals surface area contributed by atoms with E-state index in [4.69, 9.17) is 10.5 Å². The minimum atomic E-state index is -0.361. The Balaban J connectivity index is 1.54. The molecule has 160 valence electrons. The molecule has 0 bridgehead atoms. The summed E-state index contributed by atoms with van der Waals surface area (Å²) in [6, 6.07) is 14.7. The summed E-state index contributed by atoms with van der Waals surface area (Å²) in [4.78, 5) is 25.5. The van der Waals surface area contributed by atoms with Crippen molar-refractivity contribution in [1.82, 2.24) is 14.9 Å². The monoisotopic (exact) mass is 419 g/mol. The van der Waals surface area contributed by atoms with Crippen LogP contribution in [-0.4, -0.2) is 65.3 Å². The van der Waals surface area contributed by atoms with Crippen LogP contribution < -0.4 is 15.4 Å². The first kappa shape index (κ1) is 20.6. The lowest BCUT2D eigenvalue weighted by molar-refractivity contribution is 0.0559. The fraction of sp³-hybridized carbons (Fsp3) is 0.261. The van der Waals surface area contributed by atoms with Gasteiger partial charge < -0.3 is 25.4 Å². The number of aliphatic hydroxyl groups excluding tert-OH is 1. The Hall–Kier alpha value is -3.65. The summed E-state index contributed by atoms with van der Waals surface area (Å²) in [5.41, 5.74) is 8.65. The Morgan fingerprint density at radius 1 is 1.16 bits per heavy atom. The third-order valence-electron chi connectivity index (χ3n) is 5.48. The van der Waals surface area contributed by atoms with Crippen molar-refractivity contribution < 1.29 is 14.6 Å². The SMILES string of the molecule is COc1cc(C(=O)N2CCN(c3ccc(N)nc3)C[C@@H]2CO)ncc1-c1ccccc1. The first-order valence-electron chi connectivity index (χ1n) is 10.1. The van der Waals surface area contributed by atoms with Gasteiger partial charge in [-0.3, -0.25) is 9.78 Å². The molecule has 1 saturated heterocycles. The zero-order valence-corrected chi connectivity index (χ0v) is 17.3. The van der Waals surface area contributed by atoms with Crippen molar-refractivity contribution >= 4 is 17.4 Å². The van der Waals surface area contributed by atoms with E-state index >= 15 is 0 Å². The number of anilines is 2. The van der Waals surface area contributed by atoms with E-state index in [0.717, 1.165) is 16.8 Å². The number of nitrogens with two attached hydrogens (primary N) is 1. The van der Waals surface area contributed by atoms with Gasteiger partial charge in [-0.05, 0) is 17.7 Å². The molecule has 3 aromatic rings. The smallest absolute Gasteiger partial charge is 0.273 e. The van der Waals surface area contributed by atoms with Crippen LogP contribution in [0, 0.1) is 0 Å². The van der Waals surface area contributed by atoms with Crippen LogP contribution in [0.4, 0.5) is 11.5 Å². The maximum Gasteiger partial charge on any atom is 0.273 e. The zero-order valence-electron chi connectivity index (χ0n) is 17.3. The number of nitrogens with zero attached hydrogens (tertiary/aromatic N) is 4. The molecule has 8 heteroatoms. The average molecular weight is 419 g/mol. The molecule has 0 saturated carbocycles. The van der Waals surface area contributed by atoms with Crippen LogP contribution in [0.25, 0.3) is 11.1 Å². The molecule has 4 rings (SSSR count). The number of aromatic nitrogens is 2. The van der Waals surface area contributed by atoms with Gasteiger partial charge in [0.2, 0.25) is 0 Å². The molecule has 8 nitrogen and oxygen atoms in total. The molecule has 0 radical (unpaired) electrons. The van der Waals surface area contributed by atoms with Crippen molar-refractivity contribution in [3.63, 3.8) is 0 Å². The van der Waals surface area contributed by atoms with Gasteiger partial charge in [0.15, 0.2) is 0 Å². The standard InChI is InChI=1S/C23H25N5O3/c1-31-21-11-20(25-13-19(21)16-5-3-2-4-6-16)23(30)28-10-9-27(14-18(28)15-29)17-7-8-22(24)26-12-17/h2-8,11-13,18,29H,9-10,14-15H2,1H3,(H2,24,26)/t18-/m1/s1. The topological polar surface area (TPSA) is 105 Å². The van der Waals surface area contributed by atoms with Gasteiger partial charge in [0.05, 0.1) is 31.6 Å². The molecule has 1 amide bonds. The minimum absolute atomic E-state index is 0.149. The number of methoxy groups -OCH3 is 1. The number of pyridine rings is 2. The predicted molar refractivity (Wildman–Crippen MR) is 119 cm³/mol. The zero-order chi connectivity index (χ0) is 21.8. The summed E-state index contributed by atoms with van der Waals surface area (Å²) in [6.45, 7) is 1.42. The number of hydrogen-bond donors (Lipinski definition) is 2. The Labute approximate surface area is 180 Å². The minimum Gasteiger partial charge on any atom is -0.496 e. The first-order chi connectivity index (χ1) is 15.1. The van der Waals surface area contributed by atoms with Gasteiger partial charge in [0.1, 0.15) is 17.3 Å². The average Bonchev–Trinajstić information content (AvgIpc) is 2.83. The second-order valence-electron chi connectivity index (χ2n) is 7.36. The van der Waals surface area contributed by atoms with Crippen molar-refractivity contribution in [2.24, 2.45) is 0 Å². The van der Waals surface area contributed by atoms with Crippen molar-refractivity contribution in [2.45, 2.75) is 6.04 Å². The number of carbonyl (C=O) groups excluding carboxylic acids is 1. The van der Waals surface area contributed by atoms with Crippen molar-refractivity contribution in [2.75, 3.05) is 44.0 Å². The number of nitrogen functional groups attached to an aromatic ring is 1. The Morgan fingerprint density at radius 3 is 2.65 bits per heavy atom. The van der Waals surface area contributed by atoms with E-state index in [0.29, 0.717) is 31.2 Å². The normalized spacial score (nSPS) is 16.3. The second-order valence-corrected chi connectivity index (χ2v) is 7.36. The summed E-state index contributed by atoms with van der Waals surface area (Å²) >= 11 is 0. The maximum absolute atomic E-state index is 13.2. The van der Waals surface area contributed by atoms with E-state index in [-0.39, 0.29) is 24.2 Å². The van der Waals surface area contributed by atoms with E-state index in [1.807, 2.05) is 36.4 Å². The predicted octanol–water partition coefficient (Wildman–Crippen LogP) is 2.06. The van der Waals surface area contributed by atoms with Gasteiger partial charge in [-0.1, -0.05) is 30.3 Å². The number of hydrogen-bond acceptors (Lipinski definition) is 7. The number of rotatable bonds is 5. The Morgan fingerprint density at radius 2 is 1.97 bits per heavy atom. The van der Waals surface area contributed by atoms with E-state index in [9.17, 15) is 9.90 Å². The molecule has 1 fully saturated rings. The molecule has 31 heavy (non-hydrogen) atoms. The van der Waals surface area contributed by atoms with Gasteiger partial charge >= 0.3 is 0 Å². The number of carbonyl (C=O) groups is 1. The third-order valence-corrected chi connectivity index (χ3v) is 5.48. The number of amides is 1. The molecule has 2 aromatic heterocycles. The summed E-state index contributed by atoms with van der Waals surface area (Å²) in [5, 5.41) is 9.96. The van der Waals surface area contributed by atoms with Crippen LogP contribution in [0.15, 0.2) is 60.9 Å². The Bertz CT molecular complexity index is 1040. The summed E-state index contributed by atoms with van der Waals surface area (Å²) in [5.74, 6) is 0.805. The van der Waals surface area contributed by atoms with Crippen LogP contribution >= 0.6 is 0 Å². The van der Waals surface area contributed by atoms with E-state index < -0.39 is 0 Å². The molecule has 1 aliphatic rings. The molecular formula is C23H25N5O3. The fourth-order valence-electron chi connectivity index (χ4n) is 3.80. The van der Waals surface area contributed by atoms with Crippen LogP contribution in [0.5, 0.6) is 5.75 Å². The molecular weight excluding hydrogens is 394 g/mol. The quantitative estimate of drug-likeness (QED) is 0.652. The lowest BCUT2D eigenvalue weighted by Gasteiger charge is -2.41. The van der Waals surface area contributed by atoms with Crippen LogP contribution in [0.1, 0.15) is 10.5 Å². The number of ether oxygens (including phenoxy) is 1. The lowest BCUT2D eigenvalue weighted by Crippen LogP contribution is -2.57. The van der Waals surface area contributed by atoms with Gasteiger partial charge in [-0.25, -0.2) is 4.98 Å². The molecule has 0 unspecified atom stereocenters. The molecule has 3 N–H and O–H groups in total. The van der Waals surface area contributed by atoms with Crippen molar-refractivity contribution in [3.05, 3.63) is 66.6 Å². The van der Waals surface area contributed by atoms with E-state index in [1.54, 1.807) is 36.5 Å². The van der Waals surface area contributed by atoms with E-state index in [1.165, 1.54) is 0 Å². The molecule has 1 atom stereocenters. The van der Waals surface area contributed by atoms with E-state index in [2.05, 4.69) is 14.9 Å². The van der Waals surface area contributed by atoms with Crippen LogP contribution in [0.2, 0.25) is 0 Å². The number of aliphatic hydroxyl groups is 1. The molecule has 0 aliphatic carbocycles. The van der Waals surface area contributed by atoms with Gasteiger partial charge in [-0.15, -0.1) is 0 Å². The van der Waals surface area contributed by atoms with Crippen molar-refractivity contribution in [3.8, 4) is 16.9 Å². The molecule has 1 aromatic carbocycles. The third kappa shape index (κ3) is 4.29. The van der Waals surface area contributed by atoms with Crippen LogP contribution in [-0.2, 0) is 0 Å².